The van der Waals surface area contributed by atoms with E-state index in [0.717, 1.165) is 24.8 Å². The van der Waals surface area contributed by atoms with E-state index in [1.54, 1.807) is 6.26 Å². The predicted molar refractivity (Wildman–Crippen MR) is 74.6 cm³/mol. The molecule has 1 fully saturated rings. The maximum Gasteiger partial charge on any atom is 0.120 e. The molecule has 0 radical (unpaired) electrons. The first-order valence-electron chi connectivity index (χ1n) is 7.28. The Morgan fingerprint density at radius 2 is 2.22 bits per heavy atom. The number of hydrogen-bond acceptors (Lipinski definition) is 3. The second-order valence-corrected chi connectivity index (χ2v) is 5.38. The summed E-state index contributed by atoms with van der Waals surface area (Å²) in [7, 11) is 0. The summed E-state index contributed by atoms with van der Waals surface area (Å²) in [6.45, 7) is 9.21. The second kappa shape index (κ2) is 6.95. The summed E-state index contributed by atoms with van der Waals surface area (Å²) in [5.41, 5.74) is 0. The third kappa shape index (κ3) is 3.85. The molecule has 2 heterocycles. The molecular weight excluding hydrogens is 224 g/mol. The van der Waals surface area contributed by atoms with Crippen molar-refractivity contribution >= 4 is 0 Å². The Kier molecular flexibility index (Phi) is 5.26. The minimum atomic E-state index is 0.313. The van der Waals surface area contributed by atoms with Crippen molar-refractivity contribution in [2.75, 3.05) is 26.2 Å². The molecule has 0 saturated carbocycles. The van der Waals surface area contributed by atoms with Gasteiger partial charge in [-0.25, -0.2) is 0 Å². The van der Waals surface area contributed by atoms with Crippen molar-refractivity contribution in [1.82, 2.24) is 10.2 Å². The summed E-state index contributed by atoms with van der Waals surface area (Å²) in [6, 6.07) is 4.29. The fraction of sp³-hybridized carbons (Fsp3) is 0.733. The van der Waals surface area contributed by atoms with E-state index in [1.807, 2.05) is 12.1 Å². The Hall–Kier alpha value is -0.800. The molecule has 0 spiro atoms. The lowest BCUT2D eigenvalue weighted by Gasteiger charge is -2.31. The zero-order chi connectivity index (χ0) is 12.8. The Morgan fingerprint density at radius 1 is 1.44 bits per heavy atom. The molecule has 1 aromatic heterocycles. The highest BCUT2D eigenvalue weighted by Crippen LogP contribution is 2.19. The van der Waals surface area contributed by atoms with E-state index >= 15 is 0 Å². The molecule has 102 valence electrons. The lowest BCUT2D eigenvalue weighted by molar-refractivity contribution is 0.180. The number of piperidine rings is 1. The van der Waals surface area contributed by atoms with Crippen LogP contribution in [-0.2, 0) is 0 Å². The van der Waals surface area contributed by atoms with E-state index in [4.69, 9.17) is 4.42 Å². The van der Waals surface area contributed by atoms with E-state index < -0.39 is 0 Å². The van der Waals surface area contributed by atoms with Crippen molar-refractivity contribution in [3.05, 3.63) is 24.2 Å². The van der Waals surface area contributed by atoms with E-state index in [9.17, 15) is 0 Å². The van der Waals surface area contributed by atoms with Crippen molar-refractivity contribution < 1.29 is 4.42 Å². The lowest BCUT2D eigenvalue weighted by atomic mass is 9.94. The Bertz CT molecular complexity index is 315. The highest BCUT2D eigenvalue weighted by atomic mass is 16.3. The van der Waals surface area contributed by atoms with E-state index in [2.05, 4.69) is 24.1 Å². The highest BCUT2D eigenvalue weighted by Gasteiger charge is 2.17. The van der Waals surface area contributed by atoms with E-state index in [1.165, 1.54) is 32.4 Å². The van der Waals surface area contributed by atoms with Gasteiger partial charge >= 0.3 is 0 Å². The number of likely N-dealkylation sites (tertiary alicyclic amines) is 1. The standard InChI is InChI=1S/C15H26N2O/c1-3-14-6-9-17(10-7-14)11-8-16-13(2)15-5-4-12-18-15/h4-5,12-14,16H,3,6-11H2,1-2H3. The first-order valence-corrected chi connectivity index (χ1v) is 7.28. The summed E-state index contributed by atoms with van der Waals surface area (Å²) in [5.74, 6) is 2.00. The third-order valence-electron chi connectivity index (χ3n) is 4.13. The fourth-order valence-electron chi connectivity index (χ4n) is 2.70. The number of furan rings is 1. The molecule has 1 unspecified atom stereocenters. The van der Waals surface area contributed by atoms with Crippen molar-refractivity contribution in [3.63, 3.8) is 0 Å². The van der Waals surface area contributed by atoms with Gasteiger partial charge in [-0.15, -0.1) is 0 Å². The molecule has 0 amide bonds. The molecule has 1 saturated heterocycles. The van der Waals surface area contributed by atoms with Crippen LogP contribution in [-0.4, -0.2) is 31.1 Å². The third-order valence-corrected chi connectivity index (χ3v) is 4.13. The van der Waals surface area contributed by atoms with Gasteiger partial charge in [0.15, 0.2) is 0 Å². The minimum Gasteiger partial charge on any atom is -0.468 e. The molecule has 3 nitrogen and oxygen atoms in total. The zero-order valence-electron chi connectivity index (χ0n) is 11.7. The topological polar surface area (TPSA) is 28.4 Å². The Balaban J connectivity index is 1.61. The van der Waals surface area contributed by atoms with E-state index in [-0.39, 0.29) is 0 Å². The molecule has 18 heavy (non-hydrogen) atoms. The van der Waals surface area contributed by atoms with Gasteiger partial charge in [0.05, 0.1) is 12.3 Å². The van der Waals surface area contributed by atoms with Crippen LogP contribution in [0.2, 0.25) is 0 Å². The lowest BCUT2D eigenvalue weighted by Crippen LogP contribution is -2.38. The Labute approximate surface area is 111 Å². The van der Waals surface area contributed by atoms with Crippen LogP contribution in [0.15, 0.2) is 22.8 Å². The second-order valence-electron chi connectivity index (χ2n) is 5.38. The molecule has 1 aromatic rings. The number of nitrogens with one attached hydrogen (secondary N) is 1. The molecular formula is C15H26N2O. The van der Waals surface area contributed by atoms with Crippen LogP contribution in [0.3, 0.4) is 0 Å². The fourth-order valence-corrected chi connectivity index (χ4v) is 2.70. The quantitative estimate of drug-likeness (QED) is 0.841. The molecule has 1 aliphatic heterocycles. The number of rotatable bonds is 6. The molecule has 1 N–H and O–H groups in total. The molecule has 0 aliphatic carbocycles. The van der Waals surface area contributed by atoms with E-state index in [0.29, 0.717) is 6.04 Å². The largest absolute Gasteiger partial charge is 0.468 e. The van der Waals surface area contributed by atoms with Crippen LogP contribution in [0.4, 0.5) is 0 Å². The molecule has 0 bridgehead atoms. The van der Waals surface area contributed by atoms with Crippen LogP contribution in [0.5, 0.6) is 0 Å². The molecule has 2 rings (SSSR count). The molecule has 3 heteroatoms. The summed E-state index contributed by atoms with van der Waals surface area (Å²) >= 11 is 0. The van der Waals surface area contributed by atoms with Gasteiger partial charge in [-0.05, 0) is 50.9 Å². The summed E-state index contributed by atoms with van der Waals surface area (Å²) in [6.07, 6.45) is 5.85. The maximum atomic E-state index is 5.39. The van der Waals surface area contributed by atoms with Gasteiger partial charge in [0.1, 0.15) is 5.76 Å². The van der Waals surface area contributed by atoms with Crippen LogP contribution >= 0.6 is 0 Å². The van der Waals surface area contributed by atoms with Gasteiger partial charge in [-0.2, -0.15) is 0 Å². The smallest absolute Gasteiger partial charge is 0.120 e. The maximum absolute atomic E-state index is 5.39. The first kappa shape index (κ1) is 13.6. The van der Waals surface area contributed by atoms with Gasteiger partial charge in [0.2, 0.25) is 0 Å². The average Bonchev–Trinajstić information content (AvgIpc) is 2.93. The number of nitrogens with zero attached hydrogens (tertiary/aromatic N) is 1. The zero-order valence-corrected chi connectivity index (χ0v) is 11.7. The van der Waals surface area contributed by atoms with Crippen LogP contribution in [0.25, 0.3) is 0 Å². The van der Waals surface area contributed by atoms with Crippen LogP contribution < -0.4 is 5.32 Å². The van der Waals surface area contributed by atoms with Gasteiger partial charge in [0, 0.05) is 13.1 Å². The SMILES string of the molecule is CCC1CCN(CCNC(C)c2ccco2)CC1. The molecule has 1 atom stereocenters. The summed E-state index contributed by atoms with van der Waals surface area (Å²) in [5, 5.41) is 3.52. The van der Waals surface area contributed by atoms with Crippen molar-refractivity contribution in [2.24, 2.45) is 5.92 Å². The Morgan fingerprint density at radius 3 is 2.83 bits per heavy atom. The highest BCUT2D eigenvalue weighted by molar-refractivity contribution is 5.02. The first-order chi connectivity index (χ1) is 8.79. The monoisotopic (exact) mass is 250 g/mol. The van der Waals surface area contributed by atoms with Crippen LogP contribution in [0, 0.1) is 5.92 Å². The van der Waals surface area contributed by atoms with Crippen molar-refractivity contribution in [2.45, 2.75) is 39.2 Å². The average molecular weight is 250 g/mol. The van der Waals surface area contributed by atoms with Gasteiger partial charge in [-0.3, -0.25) is 0 Å². The predicted octanol–water partition coefficient (Wildman–Crippen LogP) is 3.05. The van der Waals surface area contributed by atoms with Crippen LogP contribution in [0.1, 0.15) is 44.9 Å². The van der Waals surface area contributed by atoms with Gasteiger partial charge in [0.25, 0.3) is 0 Å². The normalized spacial score (nSPS) is 20.1. The van der Waals surface area contributed by atoms with Crippen molar-refractivity contribution in [3.8, 4) is 0 Å². The molecule has 1 aliphatic rings. The minimum absolute atomic E-state index is 0.313. The molecule has 0 aromatic carbocycles. The van der Waals surface area contributed by atoms with Gasteiger partial charge in [-0.1, -0.05) is 13.3 Å². The number of hydrogen-bond donors (Lipinski definition) is 1. The summed E-state index contributed by atoms with van der Waals surface area (Å²) < 4.78 is 5.39. The summed E-state index contributed by atoms with van der Waals surface area (Å²) in [4.78, 5) is 2.58. The van der Waals surface area contributed by atoms with Crippen molar-refractivity contribution in [1.29, 1.82) is 0 Å². The van der Waals surface area contributed by atoms with Gasteiger partial charge < -0.3 is 14.6 Å².